The number of carbonyl (C=O) groups excluding carboxylic acids is 2. The average molecular weight is 584 g/mol. The van der Waals surface area contributed by atoms with E-state index >= 15 is 0 Å². The third-order valence-electron chi connectivity index (χ3n) is 7.10. The van der Waals surface area contributed by atoms with E-state index < -0.39 is 67.8 Å². The molecule has 1 unspecified atom stereocenters. The normalized spacial score (nSPS) is 24.1. The van der Waals surface area contributed by atoms with Crippen LogP contribution in [0.1, 0.15) is 64.7 Å². The summed E-state index contributed by atoms with van der Waals surface area (Å²) in [6, 6.07) is -1.37. The van der Waals surface area contributed by atoms with Crippen molar-refractivity contribution in [3.05, 3.63) is 12.7 Å². The number of aliphatic hydroxyl groups excluding tert-OH is 4. The number of amides is 2. The Balaban J connectivity index is 1.49. The number of nitrogens with zero attached hydrogens (tertiary/aromatic N) is 3. The maximum Gasteiger partial charge on any atom is 0.254 e. The predicted octanol–water partition coefficient (Wildman–Crippen LogP) is 0.0346. The third kappa shape index (κ3) is 9.26. The molecule has 0 bridgehead atoms. The molecule has 230 valence electrons. The van der Waals surface area contributed by atoms with Crippen LogP contribution in [0.25, 0.3) is 11.2 Å². The standard InChI is InChI=1S/C26H42FN7O7/c1-2-3-4-5-6-7-8-9-10-15(27)25(40)28-11-17(37)33-18-20(38)21(39)26(41-22(18)16(36)12-35)34-24-19-23(30-13-29-19)31-14-32-24/h13-16,18,20-22,26,35-36,38-39H,2-12H2,1H3,(H,28,40)(H,33,37)(H2,29,30,31,32,34)/t15?,16-,18+,20+,21+,22-,26-/m0/s1. The number of fused-ring (bicyclic) bond motifs is 1. The van der Waals surface area contributed by atoms with Crippen molar-refractivity contribution in [1.82, 2.24) is 30.6 Å². The van der Waals surface area contributed by atoms with E-state index in [-0.39, 0.29) is 12.2 Å². The van der Waals surface area contributed by atoms with Gasteiger partial charge >= 0.3 is 0 Å². The van der Waals surface area contributed by atoms with Crippen LogP contribution in [0.15, 0.2) is 12.7 Å². The average Bonchev–Trinajstić information content (AvgIpc) is 3.46. The number of aliphatic hydroxyl groups is 4. The summed E-state index contributed by atoms with van der Waals surface area (Å²) in [5, 5.41) is 48.8. The number of carbonyl (C=O) groups is 2. The van der Waals surface area contributed by atoms with E-state index in [2.05, 4.69) is 42.8 Å². The second kappa shape index (κ2) is 16.5. The quantitative estimate of drug-likeness (QED) is 0.116. The van der Waals surface area contributed by atoms with Gasteiger partial charge in [0.05, 0.1) is 25.5 Å². The number of rotatable bonds is 17. The Kier molecular flexibility index (Phi) is 13.1. The number of hydrogen-bond donors (Lipinski definition) is 8. The van der Waals surface area contributed by atoms with Crippen LogP contribution in [0.2, 0.25) is 0 Å². The number of aromatic amines is 1. The van der Waals surface area contributed by atoms with Crippen LogP contribution in [0, 0.1) is 0 Å². The molecule has 0 saturated carbocycles. The lowest BCUT2D eigenvalue weighted by Crippen LogP contribution is -2.68. The van der Waals surface area contributed by atoms with Gasteiger partial charge in [-0.1, -0.05) is 58.3 Å². The van der Waals surface area contributed by atoms with E-state index in [1.165, 1.54) is 31.9 Å². The smallest absolute Gasteiger partial charge is 0.254 e. The van der Waals surface area contributed by atoms with Gasteiger partial charge in [0.2, 0.25) is 5.91 Å². The molecule has 41 heavy (non-hydrogen) atoms. The van der Waals surface area contributed by atoms with Gasteiger partial charge in [-0.3, -0.25) is 9.59 Å². The summed E-state index contributed by atoms with van der Waals surface area (Å²) in [5.41, 5.74) is 0.734. The lowest BCUT2D eigenvalue weighted by Gasteiger charge is -2.44. The van der Waals surface area contributed by atoms with Crippen LogP contribution in [-0.4, -0.2) is 108 Å². The number of hydrogen-bond acceptors (Lipinski definition) is 11. The molecule has 2 aromatic heterocycles. The molecular weight excluding hydrogens is 541 g/mol. The molecule has 3 heterocycles. The number of unbranched alkanes of at least 4 members (excludes halogenated alkanes) is 7. The van der Waals surface area contributed by atoms with Crippen LogP contribution < -0.4 is 16.0 Å². The minimum atomic E-state index is -1.76. The van der Waals surface area contributed by atoms with Crippen molar-refractivity contribution >= 4 is 28.8 Å². The molecule has 7 atom stereocenters. The summed E-state index contributed by atoms with van der Waals surface area (Å²) in [6.07, 6.45) is 1.62. The van der Waals surface area contributed by atoms with Crippen molar-refractivity contribution in [2.24, 2.45) is 0 Å². The van der Waals surface area contributed by atoms with Gasteiger partial charge in [0.1, 0.15) is 36.3 Å². The van der Waals surface area contributed by atoms with E-state index in [4.69, 9.17) is 4.74 Å². The zero-order chi connectivity index (χ0) is 29.8. The number of anilines is 1. The van der Waals surface area contributed by atoms with Gasteiger partial charge in [0.25, 0.3) is 5.91 Å². The minimum Gasteiger partial charge on any atom is -0.394 e. The number of nitrogens with one attached hydrogen (secondary N) is 4. The van der Waals surface area contributed by atoms with Crippen LogP contribution in [0.4, 0.5) is 10.2 Å². The molecule has 0 aromatic carbocycles. The molecule has 15 heteroatoms. The minimum absolute atomic E-state index is 0.0557. The molecule has 1 fully saturated rings. The van der Waals surface area contributed by atoms with Crippen LogP contribution in [0.3, 0.4) is 0 Å². The zero-order valence-electron chi connectivity index (χ0n) is 23.2. The number of ether oxygens (including phenoxy) is 1. The predicted molar refractivity (Wildman–Crippen MR) is 146 cm³/mol. The summed E-state index contributed by atoms with van der Waals surface area (Å²) in [4.78, 5) is 39.6. The fourth-order valence-electron chi connectivity index (χ4n) is 4.75. The lowest BCUT2D eigenvalue weighted by atomic mass is 9.92. The Morgan fingerprint density at radius 3 is 2.49 bits per heavy atom. The summed E-state index contributed by atoms with van der Waals surface area (Å²) < 4.78 is 20.0. The second-order valence-electron chi connectivity index (χ2n) is 10.3. The van der Waals surface area contributed by atoms with E-state index in [1.807, 2.05) is 0 Å². The highest BCUT2D eigenvalue weighted by atomic mass is 19.1. The summed E-state index contributed by atoms with van der Waals surface area (Å²) in [7, 11) is 0. The zero-order valence-corrected chi connectivity index (χ0v) is 23.2. The monoisotopic (exact) mass is 583 g/mol. The number of imidazole rings is 1. The van der Waals surface area contributed by atoms with E-state index in [9.17, 15) is 34.4 Å². The highest BCUT2D eigenvalue weighted by Crippen LogP contribution is 2.26. The van der Waals surface area contributed by atoms with Gasteiger partial charge in [-0.05, 0) is 6.42 Å². The fraction of sp³-hybridized carbons (Fsp3) is 0.731. The van der Waals surface area contributed by atoms with Gasteiger partial charge in [-0.15, -0.1) is 0 Å². The SMILES string of the molecule is CCCCCCCCCCC(F)C(=O)NCC(=O)N[C@@H]1[C@@H](O)[C@@H](O)[C@@H](Nc2ncnc3nc[nH]c23)O[C@H]1[C@@H](O)CO. The number of alkyl halides is 1. The van der Waals surface area contributed by atoms with Crippen LogP contribution in [-0.2, 0) is 14.3 Å². The van der Waals surface area contributed by atoms with Crippen molar-refractivity contribution in [2.45, 2.75) is 108 Å². The van der Waals surface area contributed by atoms with Gasteiger partial charge in [0, 0.05) is 0 Å². The molecule has 0 aliphatic carbocycles. The second-order valence-corrected chi connectivity index (χ2v) is 10.3. The van der Waals surface area contributed by atoms with E-state index in [1.54, 1.807) is 0 Å². The molecule has 1 aliphatic rings. The number of aromatic nitrogens is 4. The maximum absolute atomic E-state index is 14.3. The summed E-state index contributed by atoms with van der Waals surface area (Å²) in [6.45, 7) is 0.782. The Morgan fingerprint density at radius 2 is 1.78 bits per heavy atom. The van der Waals surface area contributed by atoms with Gasteiger partial charge in [-0.2, -0.15) is 0 Å². The van der Waals surface area contributed by atoms with Crippen LogP contribution >= 0.6 is 0 Å². The topological polar surface area (TPSA) is 215 Å². The Bertz CT molecular complexity index is 1090. The van der Waals surface area contributed by atoms with Crippen molar-refractivity contribution in [1.29, 1.82) is 0 Å². The fourth-order valence-corrected chi connectivity index (χ4v) is 4.75. The Hall–Kier alpha value is -2.98. The van der Waals surface area contributed by atoms with Gasteiger partial charge in [-0.25, -0.2) is 19.3 Å². The Labute approximate surface area is 237 Å². The first-order chi connectivity index (χ1) is 19.8. The first-order valence-electron chi connectivity index (χ1n) is 14.2. The highest BCUT2D eigenvalue weighted by Gasteiger charge is 2.48. The largest absolute Gasteiger partial charge is 0.394 e. The third-order valence-corrected chi connectivity index (χ3v) is 7.10. The molecular formula is C26H42FN7O7. The first kappa shape index (κ1) is 32.5. The van der Waals surface area contributed by atoms with Crippen molar-refractivity contribution < 1.29 is 39.1 Å². The molecule has 3 rings (SSSR count). The van der Waals surface area contributed by atoms with Crippen molar-refractivity contribution in [2.75, 3.05) is 18.5 Å². The molecule has 1 aliphatic heterocycles. The summed E-state index contributed by atoms with van der Waals surface area (Å²) in [5.74, 6) is -1.54. The molecule has 0 spiro atoms. The molecule has 14 nitrogen and oxygen atoms in total. The van der Waals surface area contributed by atoms with Gasteiger partial charge < -0.3 is 46.1 Å². The Morgan fingerprint density at radius 1 is 1.07 bits per heavy atom. The molecule has 2 amide bonds. The first-order valence-corrected chi connectivity index (χ1v) is 14.2. The van der Waals surface area contributed by atoms with Crippen molar-refractivity contribution in [3.63, 3.8) is 0 Å². The number of H-pyrrole nitrogens is 1. The van der Waals surface area contributed by atoms with Gasteiger partial charge in [0.15, 0.2) is 23.9 Å². The molecule has 2 aromatic rings. The molecule has 0 radical (unpaired) electrons. The number of halogens is 1. The lowest BCUT2D eigenvalue weighted by molar-refractivity contribution is -0.204. The molecule has 1 saturated heterocycles. The highest BCUT2D eigenvalue weighted by molar-refractivity contribution is 5.87. The van der Waals surface area contributed by atoms with Crippen molar-refractivity contribution in [3.8, 4) is 0 Å². The maximum atomic E-state index is 14.3. The molecule has 8 N–H and O–H groups in total. The van der Waals surface area contributed by atoms with E-state index in [0.29, 0.717) is 17.6 Å². The van der Waals surface area contributed by atoms with Crippen LogP contribution in [0.5, 0.6) is 0 Å². The summed E-state index contributed by atoms with van der Waals surface area (Å²) >= 11 is 0. The van der Waals surface area contributed by atoms with E-state index in [0.717, 1.165) is 25.7 Å².